The van der Waals surface area contributed by atoms with E-state index in [0.717, 1.165) is 24.3 Å². The first kappa shape index (κ1) is 9.49. The van der Waals surface area contributed by atoms with Crippen LogP contribution in [0.2, 0.25) is 0 Å². The summed E-state index contributed by atoms with van der Waals surface area (Å²) < 4.78 is 10.3. The highest BCUT2D eigenvalue weighted by Gasteiger charge is 2.14. The van der Waals surface area contributed by atoms with E-state index in [-0.39, 0.29) is 0 Å². The third kappa shape index (κ3) is 1.74. The third-order valence-corrected chi connectivity index (χ3v) is 2.42. The van der Waals surface area contributed by atoms with Gasteiger partial charge in [-0.1, -0.05) is 6.07 Å². The summed E-state index contributed by atoms with van der Waals surface area (Å²) in [5.41, 5.74) is 2.08. The summed E-state index contributed by atoms with van der Waals surface area (Å²) in [7, 11) is 1.58. The number of ether oxygens (including phenoxy) is 2. The van der Waals surface area contributed by atoms with E-state index in [1.165, 1.54) is 5.56 Å². The molecule has 0 spiro atoms. The van der Waals surface area contributed by atoms with Gasteiger partial charge in [0.15, 0.2) is 0 Å². The summed E-state index contributed by atoms with van der Waals surface area (Å²) in [6.45, 7) is 1.08. The molecule has 76 valence electrons. The first-order valence-electron chi connectivity index (χ1n) is 4.74. The predicted molar refractivity (Wildman–Crippen MR) is 52.5 cm³/mol. The fourth-order valence-electron chi connectivity index (χ4n) is 1.67. The van der Waals surface area contributed by atoms with Crippen LogP contribution in [0.1, 0.15) is 17.2 Å². The average Bonchev–Trinajstić information content (AvgIpc) is 2.64. The molecule has 0 amide bonds. The van der Waals surface area contributed by atoms with Crippen LogP contribution in [-0.2, 0) is 11.2 Å². The van der Waals surface area contributed by atoms with Gasteiger partial charge in [-0.15, -0.1) is 0 Å². The number of benzene rings is 1. The van der Waals surface area contributed by atoms with Crippen LogP contribution in [-0.4, -0.2) is 25.4 Å². The minimum Gasteiger partial charge on any atom is -0.493 e. The van der Waals surface area contributed by atoms with Crippen LogP contribution in [0.4, 0.5) is 0 Å². The molecule has 0 saturated carbocycles. The van der Waals surface area contributed by atoms with Crippen molar-refractivity contribution in [2.24, 2.45) is 0 Å². The maximum atomic E-state index is 9.69. The SMILES string of the molecule is COCC(O)c1ccc2c(c1)CCO2. The summed E-state index contributed by atoms with van der Waals surface area (Å²) in [5, 5.41) is 9.69. The predicted octanol–water partition coefficient (Wildman–Crippen LogP) is 1.30. The lowest BCUT2D eigenvalue weighted by Crippen LogP contribution is -2.05. The molecule has 0 radical (unpaired) electrons. The van der Waals surface area contributed by atoms with Crippen molar-refractivity contribution in [1.82, 2.24) is 0 Å². The molecule has 1 aliphatic rings. The lowest BCUT2D eigenvalue weighted by atomic mass is 10.1. The molecular weight excluding hydrogens is 180 g/mol. The van der Waals surface area contributed by atoms with E-state index in [9.17, 15) is 5.11 Å². The quantitative estimate of drug-likeness (QED) is 0.788. The summed E-state index contributed by atoms with van der Waals surface area (Å²) >= 11 is 0. The molecule has 0 aliphatic carbocycles. The van der Waals surface area contributed by atoms with Crippen molar-refractivity contribution in [3.8, 4) is 5.75 Å². The van der Waals surface area contributed by atoms with E-state index in [4.69, 9.17) is 9.47 Å². The van der Waals surface area contributed by atoms with Gasteiger partial charge >= 0.3 is 0 Å². The Morgan fingerprint density at radius 3 is 3.21 bits per heavy atom. The third-order valence-electron chi connectivity index (χ3n) is 2.42. The minimum atomic E-state index is -0.536. The summed E-state index contributed by atoms with van der Waals surface area (Å²) in [6.07, 6.45) is 0.397. The van der Waals surface area contributed by atoms with Gasteiger partial charge in [-0.25, -0.2) is 0 Å². The Bertz CT molecular complexity index is 322. The molecule has 1 unspecified atom stereocenters. The average molecular weight is 194 g/mol. The first-order chi connectivity index (χ1) is 6.81. The van der Waals surface area contributed by atoms with Crippen molar-refractivity contribution in [3.05, 3.63) is 29.3 Å². The number of fused-ring (bicyclic) bond motifs is 1. The Labute approximate surface area is 83.3 Å². The second kappa shape index (κ2) is 3.98. The zero-order valence-electron chi connectivity index (χ0n) is 8.19. The largest absolute Gasteiger partial charge is 0.493 e. The molecule has 1 atom stereocenters. The fourth-order valence-corrected chi connectivity index (χ4v) is 1.67. The Hall–Kier alpha value is -1.06. The molecule has 3 heteroatoms. The number of aliphatic hydroxyl groups excluding tert-OH is 1. The zero-order valence-corrected chi connectivity index (χ0v) is 8.19. The van der Waals surface area contributed by atoms with Gasteiger partial charge in [0.2, 0.25) is 0 Å². The Morgan fingerprint density at radius 1 is 1.57 bits per heavy atom. The molecule has 1 aromatic carbocycles. The number of hydrogen-bond acceptors (Lipinski definition) is 3. The maximum Gasteiger partial charge on any atom is 0.122 e. The van der Waals surface area contributed by atoms with Crippen LogP contribution in [0.25, 0.3) is 0 Å². The summed E-state index contributed by atoms with van der Waals surface area (Å²) in [5.74, 6) is 0.943. The van der Waals surface area contributed by atoms with Crippen molar-refractivity contribution in [2.45, 2.75) is 12.5 Å². The summed E-state index contributed by atoms with van der Waals surface area (Å²) in [4.78, 5) is 0. The second-order valence-electron chi connectivity index (χ2n) is 3.44. The highest BCUT2D eigenvalue weighted by atomic mass is 16.5. The maximum absolute atomic E-state index is 9.69. The zero-order chi connectivity index (χ0) is 9.97. The van der Waals surface area contributed by atoms with Crippen molar-refractivity contribution in [2.75, 3.05) is 20.3 Å². The topological polar surface area (TPSA) is 38.7 Å². The molecule has 1 heterocycles. The van der Waals surface area contributed by atoms with E-state index in [0.29, 0.717) is 6.61 Å². The van der Waals surface area contributed by atoms with Crippen molar-refractivity contribution >= 4 is 0 Å². The van der Waals surface area contributed by atoms with Crippen LogP contribution < -0.4 is 4.74 Å². The molecule has 0 aromatic heterocycles. The molecule has 1 aromatic rings. The molecular formula is C11H14O3. The van der Waals surface area contributed by atoms with Gasteiger partial charge in [-0.2, -0.15) is 0 Å². The molecule has 0 bridgehead atoms. The fraction of sp³-hybridized carbons (Fsp3) is 0.455. The smallest absolute Gasteiger partial charge is 0.122 e. The van der Waals surface area contributed by atoms with Crippen LogP contribution >= 0.6 is 0 Å². The number of aliphatic hydroxyl groups is 1. The van der Waals surface area contributed by atoms with Crippen molar-refractivity contribution in [3.63, 3.8) is 0 Å². The van der Waals surface area contributed by atoms with E-state index in [1.54, 1.807) is 7.11 Å². The van der Waals surface area contributed by atoms with Gasteiger partial charge in [0.25, 0.3) is 0 Å². The summed E-state index contributed by atoms with van der Waals surface area (Å²) in [6, 6.07) is 5.79. The Balaban J connectivity index is 2.19. The lowest BCUT2D eigenvalue weighted by molar-refractivity contribution is 0.0643. The van der Waals surface area contributed by atoms with Crippen LogP contribution in [0, 0.1) is 0 Å². The van der Waals surface area contributed by atoms with Crippen molar-refractivity contribution < 1.29 is 14.6 Å². The minimum absolute atomic E-state index is 0.333. The lowest BCUT2D eigenvalue weighted by Gasteiger charge is -2.10. The second-order valence-corrected chi connectivity index (χ2v) is 3.44. The molecule has 1 aliphatic heterocycles. The van der Waals surface area contributed by atoms with Gasteiger partial charge in [-0.3, -0.25) is 0 Å². The van der Waals surface area contributed by atoms with Gasteiger partial charge in [0.1, 0.15) is 11.9 Å². The van der Waals surface area contributed by atoms with Gasteiger partial charge in [0.05, 0.1) is 13.2 Å². The number of methoxy groups -OCH3 is 1. The van der Waals surface area contributed by atoms with Gasteiger partial charge in [0, 0.05) is 13.5 Å². The number of hydrogen-bond donors (Lipinski definition) is 1. The molecule has 2 rings (SSSR count). The Morgan fingerprint density at radius 2 is 2.43 bits per heavy atom. The van der Waals surface area contributed by atoms with Crippen molar-refractivity contribution in [1.29, 1.82) is 0 Å². The van der Waals surface area contributed by atoms with Crippen LogP contribution in [0.3, 0.4) is 0 Å². The highest BCUT2D eigenvalue weighted by Crippen LogP contribution is 2.28. The normalized spacial score (nSPS) is 16.1. The molecule has 3 nitrogen and oxygen atoms in total. The van der Waals surface area contributed by atoms with Crippen LogP contribution in [0.5, 0.6) is 5.75 Å². The van der Waals surface area contributed by atoms with E-state index in [1.807, 2.05) is 18.2 Å². The standard InChI is InChI=1S/C11H14O3/c1-13-7-10(12)8-2-3-11-9(6-8)4-5-14-11/h2-3,6,10,12H,4-5,7H2,1H3. The van der Waals surface area contributed by atoms with E-state index >= 15 is 0 Å². The van der Waals surface area contributed by atoms with Gasteiger partial charge in [-0.05, 0) is 23.3 Å². The van der Waals surface area contributed by atoms with E-state index < -0.39 is 6.10 Å². The molecule has 1 N–H and O–H groups in total. The highest BCUT2D eigenvalue weighted by molar-refractivity contribution is 5.40. The monoisotopic (exact) mass is 194 g/mol. The Kier molecular flexibility index (Phi) is 2.70. The number of rotatable bonds is 3. The van der Waals surface area contributed by atoms with E-state index in [2.05, 4.69) is 0 Å². The van der Waals surface area contributed by atoms with Crippen LogP contribution in [0.15, 0.2) is 18.2 Å². The first-order valence-corrected chi connectivity index (χ1v) is 4.74. The molecule has 0 saturated heterocycles. The molecule has 14 heavy (non-hydrogen) atoms. The molecule has 0 fully saturated rings. The van der Waals surface area contributed by atoms with Gasteiger partial charge < -0.3 is 14.6 Å².